The van der Waals surface area contributed by atoms with E-state index in [1.165, 1.54) is 43.9 Å². The number of hydrogen-bond acceptors (Lipinski definition) is 5. The number of carbonyl (C=O) groups excluding carboxylic acids is 1. The molecule has 0 unspecified atom stereocenters. The van der Waals surface area contributed by atoms with Crippen LogP contribution in [0.5, 0.6) is 17.2 Å². The molecule has 2 rings (SSSR count). The average Bonchev–Trinajstić information content (AvgIpc) is 2.80. The largest absolute Gasteiger partial charge is 0.508 e. The first-order valence-corrected chi connectivity index (χ1v) is 11.7. The fraction of sp³-hybridized carbons (Fsp3) is 0.385. The van der Waals surface area contributed by atoms with Gasteiger partial charge in [-0.3, -0.25) is 4.79 Å². The molecule has 6 nitrogen and oxygen atoms in total. The maximum Gasteiger partial charge on any atom is 0.266 e. The molecule has 0 aliphatic rings. The second-order valence-electron chi connectivity index (χ2n) is 7.55. The number of nitrogens with zero attached hydrogens (tertiary/aromatic N) is 1. The monoisotopic (exact) mass is 470 g/mol. The van der Waals surface area contributed by atoms with Crippen molar-refractivity contribution >= 4 is 29.3 Å². The molecule has 2 aromatic carbocycles. The molecule has 0 saturated heterocycles. The standard InChI is InChI=1S/C26H31ClN2O4/c1-3-5-6-7-8-9-14-33-25-23(27)16-19(17-24(25)32-4-2)15-20(18-28)26(31)29-21-10-12-22(30)13-11-21/h10-13,15-17,30H,3-9,14H2,1-2H3,(H,29,31)/b20-15+. The van der Waals surface area contributed by atoms with Crippen LogP contribution in [0.15, 0.2) is 42.0 Å². The summed E-state index contributed by atoms with van der Waals surface area (Å²) in [4.78, 5) is 12.5. The summed E-state index contributed by atoms with van der Waals surface area (Å²) in [5, 5.41) is 21.8. The quantitative estimate of drug-likeness (QED) is 0.146. The molecule has 7 heteroatoms. The first-order chi connectivity index (χ1) is 16.0. The number of nitrogens with one attached hydrogen (secondary N) is 1. The van der Waals surface area contributed by atoms with Gasteiger partial charge in [-0.25, -0.2) is 0 Å². The number of rotatable bonds is 13. The molecule has 0 spiro atoms. The van der Waals surface area contributed by atoms with Crippen LogP contribution in [-0.2, 0) is 4.79 Å². The molecule has 2 N–H and O–H groups in total. The topological polar surface area (TPSA) is 91.6 Å². The Morgan fingerprint density at radius 3 is 2.45 bits per heavy atom. The van der Waals surface area contributed by atoms with Crippen LogP contribution in [0.25, 0.3) is 6.08 Å². The lowest BCUT2D eigenvalue weighted by Gasteiger charge is -2.14. The molecular formula is C26H31ClN2O4. The summed E-state index contributed by atoms with van der Waals surface area (Å²) in [7, 11) is 0. The smallest absolute Gasteiger partial charge is 0.266 e. The SMILES string of the molecule is CCCCCCCCOc1c(Cl)cc(/C=C(\C#N)C(=O)Nc2ccc(O)cc2)cc1OCC. The molecule has 0 aliphatic heterocycles. The Morgan fingerprint density at radius 1 is 1.09 bits per heavy atom. The number of anilines is 1. The molecule has 0 radical (unpaired) electrons. The number of unbranched alkanes of at least 4 members (excludes halogenated alkanes) is 5. The molecule has 2 aromatic rings. The van der Waals surface area contributed by atoms with Gasteiger partial charge in [-0.15, -0.1) is 0 Å². The number of benzene rings is 2. The molecule has 0 heterocycles. The first-order valence-electron chi connectivity index (χ1n) is 11.3. The summed E-state index contributed by atoms with van der Waals surface area (Å²) in [6.45, 7) is 5.02. The Balaban J connectivity index is 2.11. The molecule has 0 atom stereocenters. The van der Waals surface area contributed by atoms with Crippen molar-refractivity contribution < 1.29 is 19.4 Å². The van der Waals surface area contributed by atoms with E-state index >= 15 is 0 Å². The van der Waals surface area contributed by atoms with Crippen molar-refractivity contribution in [2.24, 2.45) is 0 Å². The fourth-order valence-electron chi connectivity index (χ4n) is 3.19. The van der Waals surface area contributed by atoms with E-state index in [0.717, 1.165) is 12.8 Å². The molecule has 1 amide bonds. The third-order valence-electron chi connectivity index (χ3n) is 4.88. The summed E-state index contributed by atoms with van der Waals surface area (Å²) in [5.74, 6) is 0.455. The van der Waals surface area contributed by atoms with E-state index in [-0.39, 0.29) is 11.3 Å². The molecular weight excluding hydrogens is 440 g/mol. The number of amides is 1. The third-order valence-corrected chi connectivity index (χ3v) is 5.16. The van der Waals surface area contributed by atoms with Gasteiger partial charge in [0.2, 0.25) is 0 Å². The number of halogens is 1. The number of hydrogen-bond donors (Lipinski definition) is 2. The zero-order valence-corrected chi connectivity index (χ0v) is 20.0. The van der Waals surface area contributed by atoms with E-state index in [1.54, 1.807) is 24.3 Å². The summed E-state index contributed by atoms with van der Waals surface area (Å²) in [6, 6.07) is 11.2. The van der Waals surface area contributed by atoms with E-state index in [1.807, 2.05) is 13.0 Å². The van der Waals surface area contributed by atoms with E-state index in [4.69, 9.17) is 21.1 Å². The molecule has 0 bridgehead atoms. The minimum atomic E-state index is -0.569. The number of phenolic OH excluding ortho intramolecular Hbond substituents is 1. The molecule has 0 aliphatic carbocycles. The molecule has 0 saturated carbocycles. The average molecular weight is 471 g/mol. The van der Waals surface area contributed by atoms with Crippen LogP contribution in [0.1, 0.15) is 57.9 Å². The summed E-state index contributed by atoms with van der Waals surface area (Å²) in [5.41, 5.74) is 0.917. The van der Waals surface area contributed by atoms with Crippen LogP contribution in [0, 0.1) is 11.3 Å². The highest BCUT2D eigenvalue weighted by Crippen LogP contribution is 2.37. The maximum atomic E-state index is 12.5. The number of ether oxygens (including phenoxy) is 2. The lowest BCUT2D eigenvalue weighted by Crippen LogP contribution is -2.13. The van der Waals surface area contributed by atoms with E-state index in [9.17, 15) is 15.2 Å². The Hall–Kier alpha value is -3.17. The van der Waals surface area contributed by atoms with Gasteiger partial charge in [0.1, 0.15) is 17.4 Å². The van der Waals surface area contributed by atoms with Crippen molar-refractivity contribution in [2.75, 3.05) is 18.5 Å². The minimum Gasteiger partial charge on any atom is -0.508 e. The third kappa shape index (κ3) is 8.70. The predicted molar refractivity (Wildman–Crippen MR) is 132 cm³/mol. The van der Waals surface area contributed by atoms with Gasteiger partial charge in [-0.2, -0.15) is 5.26 Å². The van der Waals surface area contributed by atoms with Gasteiger partial charge in [-0.1, -0.05) is 50.6 Å². The molecule has 0 aromatic heterocycles. The van der Waals surface area contributed by atoms with E-state index in [0.29, 0.717) is 41.0 Å². The molecule has 0 fully saturated rings. The molecule has 176 valence electrons. The van der Waals surface area contributed by atoms with Crippen molar-refractivity contribution in [3.63, 3.8) is 0 Å². The Morgan fingerprint density at radius 2 is 1.79 bits per heavy atom. The predicted octanol–water partition coefficient (Wildman–Crippen LogP) is 6.73. The van der Waals surface area contributed by atoms with Gasteiger partial charge >= 0.3 is 0 Å². The first kappa shape index (κ1) is 26.1. The van der Waals surface area contributed by atoms with Gasteiger partial charge in [-0.05, 0) is 61.4 Å². The second kappa shape index (κ2) is 14.1. The number of carbonyl (C=O) groups is 1. The van der Waals surface area contributed by atoms with Gasteiger partial charge in [0, 0.05) is 5.69 Å². The minimum absolute atomic E-state index is 0.0842. The van der Waals surface area contributed by atoms with Crippen LogP contribution < -0.4 is 14.8 Å². The van der Waals surface area contributed by atoms with E-state index in [2.05, 4.69) is 12.2 Å². The van der Waals surface area contributed by atoms with Crippen molar-refractivity contribution in [3.8, 4) is 23.3 Å². The van der Waals surface area contributed by atoms with Gasteiger partial charge in [0.05, 0.1) is 18.2 Å². The van der Waals surface area contributed by atoms with Crippen LogP contribution in [0.2, 0.25) is 5.02 Å². The van der Waals surface area contributed by atoms with Crippen molar-refractivity contribution in [1.82, 2.24) is 0 Å². The highest BCUT2D eigenvalue weighted by molar-refractivity contribution is 6.32. The van der Waals surface area contributed by atoms with Gasteiger partial charge in [0.25, 0.3) is 5.91 Å². The van der Waals surface area contributed by atoms with Gasteiger partial charge < -0.3 is 19.9 Å². The van der Waals surface area contributed by atoms with E-state index < -0.39 is 5.91 Å². The maximum absolute atomic E-state index is 12.5. The zero-order chi connectivity index (χ0) is 24.1. The summed E-state index contributed by atoms with van der Waals surface area (Å²) < 4.78 is 11.6. The Bertz CT molecular complexity index is 981. The van der Waals surface area contributed by atoms with Crippen molar-refractivity contribution in [2.45, 2.75) is 52.4 Å². The van der Waals surface area contributed by atoms with Gasteiger partial charge in [0.15, 0.2) is 11.5 Å². The highest BCUT2D eigenvalue weighted by Gasteiger charge is 2.15. The highest BCUT2D eigenvalue weighted by atomic mass is 35.5. The number of aromatic hydroxyl groups is 1. The van der Waals surface area contributed by atoms with Crippen LogP contribution in [-0.4, -0.2) is 24.2 Å². The lowest BCUT2D eigenvalue weighted by atomic mass is 10.1. The second-order valence-corrected chi connectivity index (χ2v) is 7.96. The fourth-order valence-corrected chi connectivity index (χ4v) is 3.46. The summed E-state index contributed by atoms with van der Waals surface area (Å²) in [6.07, 6.45) is 8.39. The normalized spacial score (nSPS) is 11.0. The lowest BCUT2D eigenvalue weighted by molar-refractivity contribution is -0.112. The number of nitriles is 1. The number of phenols is 1. The van der Waals surface area contributed by atoms with Crippen LogP contribution in [0.4, 0.5) is 5.69 Å². The Labute approximate surface area is 200 Å². The summed E-state index contributed by atoms with van der Waals surface area (Å²) >= 11 is 6.46. The van der Waals surface area contributed by atoms with Crippen molar-refractivity contribution in [1.29, 1.82) is 5.26 Å². The Kier molecular flexibility index (Phi) is 11.1. The van der Waals surface area contributed by atoms with Crippen LogP contribution in [0.3, 0.4) is 0 Å². The molecule has 33 heavy (non-hydrogen) atoms. The van der Waals surface area contributed by atoms with Crippen molar-refractivity contribution in [3.05, 3.63) is 52.6 Å². The zero-order valence-electron chi connectivity index (χ0n) is 19.2. The van der Waals surface area contributed by atoms with Crippen LogP contribution >= 0.6 is 11.6 Å².